The predicted molar refractivity (Wildman–Crippen MR) is 114 cm³/mol. The fraction of sp³-hybridized carbons (Fsp3) is 0.619. The number of pyridine rings is 1. The number of likely N-dealkylation sites (tertiary alicyclic amines) is 1. The van der Waals surface area contributed by atoms with Gasteiger partial charge in [0.15, 0.2) is 5.13 Å². The third-order valence-corrected chi connectivity index (χ3v) is 7.38. The number of fused-ring (bicyclic) bond motifs is 1. The molecule has 0 amide bonds. The zero-order valence-electron chi connectivity index (χ0n) is 16.0. The fourth-order valence-corrected chi connectivity index (χ4v) is 5.72. The number of aromatic nitrogens is 2. The number of hydrogen-bond donors (Lipinski definition) is 1. The van der Waals surface area contributed by atoms with Crippen molar-refractivity contribution in [1.82, 2.24) is 20.2 Å². The second-order valence-corrected chi connectivity index (χ2v) is 9.04. The Balaban J connectivity index is 1.28. The summed E-state index contributed by atoms with van der Waals surface area (Å²) in [6.45, 7) is 6.90. The second-order valence-electron chi connectivity index (χ2n) is 8.03. The summed E-state index contributed by atoms with van der Waals surface area (Å²) in [5.41, 5.74) is 3.54. The fourth-order valence-electron chi connectivity index (χ4n) is 4.69. The summed E-state index contributed by atoms with van der Waals surface area (Å²) in [6.07, 6.45) is 12.1. The number of anilines is 1. The Morgan fingerprint density at radius 3 is 2.70 bits per heavy atom. The third-order valence-electron chi connectivity index (χ3n) is 6.30. The van der Waals surface area contributed by atoms with Gasteiger partial charge in [-0.2, -0.15) is 0 Å². The molecule has 0 unspecified atom stereocenters. The Kier molecular flexibility index (Phi) is 5.12. The molecular weight excluding hydrogens is 354 g/mol. The average Bonchev–Trinajstić information content (AvgIpc) is 3.18. The van der Waals surface area contributed by atoms with E-state index in [1.54, 1.807) is 0 Å². The van der Waals surface area contributed by atoms with Gasteiger partial charge >= 0.3 is 0 Å². The van der Waals surface area contributed by atoms with Crippen molar-refractivity contribution in [1.29, 1.82) is 0 Å². The van der Waals surface area contributed by atoms with Crippen LogP contribution in [0.4, 0.5) is 5.13 Å². The Bertz CT molecular complexity index is 815. The van der Waals surface area contributed by atoms with Gasteiger partial charge in [-0.25, -0.2) is 4.98 Å². The molecule has 0 radical (unpaired) electrons. The van der Waals surface area contributed by atoms with Gasteiger partial charge in [0, 0.05) is 25.7 Å². The van der Waals surface area contributed by atoms with Gasteiger partial charge in [0.1, 0.15) is 5.52 Å². The van der Waals surface area contributed by atoms with E-state index in [9.17, 15) is 0 Å². The summed E-state index contributed by atoms with van der Waals surface area (Å²) in [4.78, 5) is 14.8. The molecule has 2 aromatic rings. The van der Waals surface area contributed by atoms with Gasteiger partial charge in [-0.15, -0.1) is 0 Å². The van der Waals surface area contributed by atoms with E-state index in [0.717, 1.165) is 49.9 Å². The Hall–Kier alpha value is -1.50. The summed E-state index contributed by atoms with van der Waals surface area (Å²) < 4.78 is 1.27. The number of nitrogens with one attached hydrogen (secondary N) is 1. The zero-order chi connectivity index (χ0) is 18.1. The predicted octanol–water partition coefficient (Wildman–Crippen LogP) is 3.52. The first kappa shape index (κ1) is 17.6. The van der Waals surface area contributed by atoms with Gasteiger partial charge in [-0.1, -0.05) is 23.8 Å². The lowest BCUT2D eigenvalue weighted by Gasteiger charge is -2.40. The molecule has 3 aliphatic rings. The molecule has 0 aromatic carbocycles. The van der Waals surface area contributed by atoms with Gasteiger partial charge in [-0.3, -0.25) is 4.98 Å². The van der Waals surface area contributed by atoms with Gasteiger partial charge in [0.2, 0.25) is 0 Å². The van der Waals surface area contributed by atoms with Gasteiger partial charge in [-0.05, 0) is 63.4 Å². The molecule has 2 fully saturated rings. The summed E-state index contributed by atoms with van der Waals surface area (Å²) in [5, 5.41) is 4.55. The van der Waals surface area contributed by atoms with Crippen molar-refractivity contribution in [3.63, 3.8) is 0 Å². The van der Waals surface area contributed by atoms with Crippen molar-refractivity contribution in [3.8, 4) is 0 Å². The normalized spacial score (nSPS) is 23.0. The van der Waals surface area contributed by atoms with Crippen LogP contribution in [0, 0.1) is 0 Å². The topological polar surface area (TPSA) is 44.3 Å². The lowest BCUT2D eigenvalue weighted by molar-refractivity contribution is 0.141. The molecule has 5 nitrogen and oxygen atoms in total. The highest BCUT2D eigenvalue weighted by Crippen LogP contribution is 2.33. The number of nitrogens with zero attached hydrogens (tertiary/aromatic N) is 4. The molecule has 2 aromatic heterocycles. The van der Waals surface area contributed by atoms with Crippen LogP contribution < -0.4 is 10.2 Å². The second kappa shape index (κ2) is 7.86. The van der Waals surface area contributed by atoms with E-state index in [2.05, 4.69) is 32.2 Å². The molecule has 2 saturated heterocycles. The SMILES string of the molecule is C1=C(c2cc3sc(N4CCC(N5CCCCC5)CC4)nc3cn2)CCNC1. The molecule has 3 aliphatic heterocycles. The minimum atomic E-state index is 0.788. The van der Waals surface area contributed by atoms with Crippen molar-refractivity contribution < 1.29 is 0 Å². The molecule has 144 valence electrons. The molecule has 1 N–H and O–H groups in total. The Labute approximate surface area is 165 Å². The first-order valence-electron chi connectivity index (χ1n) is 10.5. The van der Waals surface area contributed by atoms with Crippen LogP contribution in [0.25, 0.3) is 15.8 Å². The van der Waals surface area contributed by atoms with Crippen molar-refractivity contribution in [2.75, 3.05) is 44.2 Å². The molecule has 0 saturated carbocycles. The van der Waals surface area contributed by atoms with E-state index in [0.29, 0.717) is 0 Å². The summed E-state index contributed by atoms with van der Waals surface area (Å²) >= 11 is 1.84. The van der Waals surface area contributed by atoms with Gasteiger partial charge in [0.25, 0.3) is 0 Å². The van der Waals surface area contributed by atoms with E-state index in [1.807, 2.05) is 17.5 Å². The molecule has 27 heavy (non-hydrogen) atoms. The largest absolute Gasteiger partial charge is 0.348 e. The molecule has 6 heteroatoms. The van der Waals surface area contributed by atoms with Gasteiger partial charge in [0.05, 0.1) is 16.6 Å². The quantitative estimate of drug-likeness (QED) is 0.878. The van der Waals surface area contributed by atoms with Crippen LogP contribution in [0.5, 0.6) is 0 Å². The number of hydrogen-bond acceptors (Lipinski definition) is 6. The van der Waals surface area contributed by atoms with Crippen LogP contribution in [-0.4, -0.2) is 60.2 Å². The number of thiazole rings is 1. The van der Waals surface area contributed by atoms with E-state index < -0.39 is 0 Å². The lowest BCUT2D eigenvalue weighted by atomic mass is 10.0. The molecule has 5 heterocycles. The van der Waals surface area contributed by atoms with Crippen LogP contribution in [-0.2, 0) is 0 Å². The Morgan fingerprint density at radius 2 is 1.93 bits per heavy atom. The highest BCUT2D eigenvalue weighted by atomic mass is 32.1. The maximum atomic E-state index is 4.90. The van der Waals surface area contributed by atoms with E-state index in [4.69, 9.17) is 4.98 Å². The summed E-state index contributed by atoms with van der Waals surface area (Å²) in [7, 11) is 0. The van der Waals surface area contributed by atoms with Crippen LogP contribution in [0.1, 0.15) is 44.2 Å². The highest BCUT2D eigenvalue weighted by molar-refractivity contribution is 7.22. The molecular formula is C21H29N5S. The molecule has 5 rings (SSSR count). The van der Waals surface area contributed by atoms with E-state index in [-0.39, 0.29) is 0 Å². The van der Waals surface area contributed by atoms with Crippen molar-refractivity contribution in [3.05, 3.63) is 24.0 Å². The van der Waals surface area contributed by atoms with Crippen molar-refractivity contribution in [2.45, 2.75) is 44.6 Å². The molecule has 0 aliphatic carbocycles. The summed E-state index contributed by atoms with van der Waals surface area (Å²) in [6, 6.07) is 3.03. The van der Waals surface area contributed by atoms with Gasteiger partial charge < -0.3 is 15.1 Å². The van der Waals surface area contributed by atoms with Crippen LogP contribution in [0.3, 0.4) is 0 Å². The lowest BCUT2D eigenvalue weighted by Crippen LogP contribution is -2.46. The number of rotatable bonds is 3. The first-order valence-corrected chi connectivity index (χ1v) is 11.3. The average molecular weight is 384 g/mol. The monoisotopic (exact) mass is 383 g/mol. The maximum absolute atomic E-state index is 4.90. The zero-order valence-corrected chi connectivity index (χ0v) is 16.8. The third kappa shape index (κ3) is 3.75. The summed E-state index contributed by atoms with van der Waals surface area (Å²) in [5.74, 6) is 0. The molecule has 0 bridgehead atoms. The highest BCUT2D eigenvalue weighted by Gasteiger charge is 2.26. The Morgan fingerprint density at radius 1 is 1.07 bits per heavy atom. The first-order chi connectivity index (χ1) is 13.4. The van der Waals surface area contributed by atoms with E-state index >= 15 is 0 Å². The molecule has 0 spiro atoms. The molecule has 0 atom stereocenters. The smallest absolute Gasteiger partial charge is 0.186 e. The minimum absolute atomic E-state index is 0.788. The minimum Gasteiger partial charge on any atom is -0.348 e. The number of piperidine rings is 2. The van der Waals surface area contributed by atoms with Crippen molar-refractivity contribution >= 4 is 32.3 Å². The maximum Gasteiger partial charge on any atom is 0.186 e. The van der Waals surface area contributed by atoms with Crippen LogP contribution in [0.2, 0.25) is 0 Å². The van der Waals surface area contributed by atoms with Crippen LogP contribution >= 0.6 is 11.3 Å². The van der Waals surface area contributed by atoms with Crippen molar-refractivity contribution in [2.24, 2.45) is 0 Å². The standard InChI is InChI=1S/C21H29N5S/c1-2-10-25(11-3-1)17-6-12-26(13-7-17)21-24-19-15-23-18(14-20(19)27-21)16-4-8-22-9-5-16/h4,14-15,17,22H,1-3,5-13H2. The van der Waals surface area contributed by atoms with Crippen LogP contribution in [0.15, 0.2) is 18.3 Å². The van der Waals surface area contributed by atoms with E-state index in [1.165, 1.54) is 60.6 Å².